The number of carbonyl (C=O) groups is 1. The normalized spacial score (nSPS) is 22.5. The Labute approximate surface area is 147 Å². The minimum atomic E-state index is -0.256. The van der Waals surface area contributed by atoms with Gasteiger partial charge in [-0.15, -0.1) is 0 Å². The van der Waals surface area contributed by atoms with E-state index in [4.69, 9.17) is 4.52 Å². The predicted octanol–water partition coefficient (Wildman–Crippen LogP) is 2.58. The SMILES string of the molecule is Cc1noc([C@H]2CCCN([C@H](C(=O)NC3CC3)c3ccccc3)C2)n1. The van der Waals surface area contributed by atoms with Crippen LogP contribution in [-0.4, -0.2) is 40.1 Å². The van der Waals surface area contributed by atoms with Crippen LogP contribution in [0.5, 0.6) is 0 Å². The molecule has 2 atom stereocenters. The molecule has 2 aliphatic rings. The third-order valence-corrected chi connectivity index (χ3v) is 5.00. The Balaban J connectivity index is 1.56. The highest BCUT2D eigenvalue weighted by atomic mass is 16.5. The molecule has 6 nitrogen and oxygen atoms in total. The van der Waals surface area contributed by atoms with Gasteiger partial charge in [0.1, 0.15) is 6.04 Å². The maximum atomic E-state index is 12.9. The Morgan fingerprint density at radius 1 is 1.28 bits per heavy atom. The molecule has 1 aliphatic carbocycles. The van der Waals surface area contributed by atoms with E-state index in [0.717, 1.165) is 44.3 Å². The lowest BCUT2D eigenvalue weighted by molar-refractivity contribution is -0.127. The Kier molecular flexibility index (Phi) is 4.53. The fraction of sp³-hybridized carbons (Fsp3) is 0.526. The van der Waals surface area contributed by atoms with E-state index >= 15 is 0 Å². The second-order valence-electron chi connectivity index (χ2n) is 7.11. The molecule has 0 unspecified atom stereocenters. The molecular formula is C19H24N4O2. The van der Waals surface area contributed by atoms with E-state index in [0.29, 0.717) is 17.8 Å². The van der Waals surface area contributed by atoms with Gasteiger partial charge < -0.3 is 9.84 Å². The summed E-state index contributed by atoms with van der Waals surface area (Å²) in [6, 6.07) is 10.2. The van der Waals surface area contributed by atoms with E-state index in [1.165, 1.54) is 0 Å². The first kappa shape index (κ1) is 16.3. The van der Waals surface area contributed by atoms with Gasteiger partial charge in [-0.25, -0.2) is 0 Å². The van der Waals surface area contributed by atoms with Gasteiger partial charge >= 0.3 is 0 Å². The molecule has 1 saturated heterocycles. The quantitative estimate of drug-likeness (QED) is 0.906. The van der Waals surface area contributed by atoms with Gasteiger partial charge in [0.05, 0.1) is 5.92 Å². The molecule has 25 heavy (non-hydrogen) atoms. The van der Waals surface area contributed by atoms with Crippen molar-refractivity contribution < 1.29 is 9.32 Å². The molecule has 1 aromatic carbocycles. The van der Waals surface area contributed by atoms with Crippen molar-refractivity contribution in [1.29, 1.82) is 0 Å². The summed E-state index contributed by atoms with van der Waals surface area (Å²) in [4.78, 5) is 19.6. The average Bonchev–Trinajstić information content (AvgIpc) is 3.33. The number of amides is 1. The average molecular weight is 340 g/mol. The highest BCUT2D eigenvalue weighted by Gasteiger charge is 2.36. The van der Waals surface area contributed by atoms with Crippen LogP contribution in [0.25, 0.3) is 0 Å². The molecule has 1 saturated carbocycles. The highest BCUT2D eigenvalue weighted by Crippen LogP contribution is 2.32. The second kappa shape index (κ2) is 6.96. The van der Waals surface area contributed by atoms with Crippen molar-refractivity contribution in [2.24, 2.45) is 0 Å². The number of benzene rings is 1. The lowest BCUT2D eigenvalue weighted by Gasteiger charge is -2.36. The van der Waals surface area contributed by atoms with Gasteiger partial charge in [0.25, 0.3) is 0 Å². The number of carbonyl (C=O) groups excluding carboxylic acids is 1. The number of nitrogens with zero attached hydrogens (tertiary/aromatic N) is 3. The van der Waals surface area contributed by atoms with E-state index in [-0.39, 0.29) is 17.9 Å². The summed E-state index contributed by atoms with van der Waals surface area (Å²) in [5, 5.41) is 7.10. The number of hydrogen-bond donors (Lipinski definition) is 1. The smallest absolute Gasteiger partial charge is 0.242 e. The first-order chi connectivity index (χ1) is 12.2. The summed E-state index contributed by atoms with van der Waals surface area (Å²) >= 11 is 0. The molecule has 0 radical (unpaired) electrons. The Hall–Kier alpha value is -2.21. The molecule has 1 N–H and O–H groups in total. The summed E-state index contributed by atoms with van der Waals surface area (Å²) in [6.07, 6.45) is 4.23. The van der Waals surface area contributed by atoms with Crippen LogP contribution in [-0.2, 0) is 4.79 Å². The summed E-state index contributed by atoms with van der Waals surface area (Å²) < 4.78 is 5.38. The zero-order valence-electron chi connectivity index (χ0n) is 14.5. The van der Waals surface area contributed by atoms with Gasteiger partial charge in [0.2, 0.25) is 11.8 Å². The minimum Gasteiger partial charge on any atom is -0.352 e. The van der Waals surface area contributed by atoms with Crippen LogP contribution < -0.4 is 5.32 Å². The monoisotopic (exact) mass is 340 g/mol. The van der Waals surface area contributed by atoms with Gasteiger partial charge in [-0.1, -0.05) is 35.5 Å². The van der Waals surface area contributed by atoms with Crippen LogP contribution >= 0.6 is 0 Å². The molecule has 2 fully saturated rings. The molecule has 4 rings (SSSR count). The van der Waals surface area contributed by atoms with E-state index in [1.54, 1.807) is 0 Å². The number of aromatic nitrogens is 2. The molecule has 132 valence electrons. The number of rotatable bonds is 5. The van der Waals surface area contributed by atoms with Crippen molar-refractivity contribution in [1.82, 2.24) is 20.4 Å². The third kappa shape index (κ3) is 3.74. The largest absolute Gasteiger partial charge is 0.352 e. The van der Waals surface area contributed by atoms with Crippen molar-refractivity contribution in [3.63, 3.8) is 0 Å². The Bertz CT molecular complexity index is 726. The predicted molar refractivity (Wildman–Crippen MR) is 92.9 cm³/mol. The van der Waals surface area contributed by atoms with Gasteiger partial charge in [-0.05, 0) is 44.7 Å². The third-order valence-electron chi connectivity index (χ3n) is 5.00. The van der Waals surface area contributed by atoms with Gasteiger partial charge in [-0.3, -0.25) is 9.69 Å². The number of likely N-dealkylation sites (tertiary alicyclic amines) is 1. The zero-order valence-corrected chi connectivity index (χ0v) is 14.5. The van der Waals surface area contributed by atoms with Crippen molar-refractivity contribution in [3.05, 3.63) is 47.6 Å². The van der Waals surface area contributed by atoms with Crippen molar-refractivity contribution in [2.75, 3.05) is 13.1 Å². The number of aryl methyl sites for hydroxylation is 1. The fourth-order valence-corrected chi connectivity index (χ4v) is 3.59. The molecule has 0 bridgehead atoms. The maximum Gasteiger partial charge on any atom is 0.242 e. The zero-order chi connectivity index (χ0) is 17.2. The van der Waals surface area contributed by atoms with Crippen molar-refractivity contribution >= 4 is 5.91 Å². The molecular weight excluding hydrogens is 316 g/mol. The maximum absolute atomic E-state index is 12.9. The molecule has 1 aliphatic heterocycles. The summed E-state index contributed by atoms with van der Waals surface area (Å²) in [7, 11) is 0. The van der Waals surface area contributed by atoms with Gasteiger partial charge in [0, 0.05) is 12.6 Å². The summed E-state index contributed by atoms with van der Waals surface area (Å²) in [5.74, 6) is 1.65. The highest BCUT2D eigenvalue weighted by molar-refractivity contribution is 5.83. The summed E-state index contributed by atoms with van der Waals surface area (Å²) in [5.41, 5.74) is 1.04. The van der Waals surface area contributed by atoms with Crippen molar-refractivity contribution in [2.45, 2.75) is 50.6 Å². The molecule has 2 aromatic rings. The first-order valence-electron chi connectivity index (χ1n) is 9.10. The standard InChI is InChI=1S/C19H24N4O2/c1-13-20-19(25-22-13)15-8-5-11-23(12-15)17(14-6-3-2-4-7-14)18(24)21-16-9-10-16/h2-4,6-7,15-17H,5,8-12H2,1H3,(H,21,24)/t15-,17-/m0/s1. The van der Waals surface area contributed by atoms with Crippen LogP contribution in [0.3, 0.4) is 0 Å². The molecule has 0 spiro atoms. The van der Waals surface area contributed by atoms with Gasteiger partial charge in [0.15, 0.2) is 5.82 Å². The lowest BCUT2D eigenvalue weighted by Crippen LogP contribution is -2.45. The lowest BCUT2D eigenvalue weighted by atomic mass is 9.94. The number of nitrogens with one attached hydrogen (secondary N) is 1. The summed E-state index contributed by atoms with van der Waals surface area (Å²) in [6.45, 7) is 3.50. The van der Waals surface area contributed by atoms with E-state index < -0.39 is 0 Å². The van der Waals surface area contributed by atoms with E-state index in [2.05, 4.69) is 20.4 Å². The van der Waals surface area contributed by atoms with Crippen LogP contribution in [0, 0.1) is 6.92 Å². The van der Waals surface area contributed by atoms with E-state index in [9.17, 15) is 4.79 Å². The Morgan fingerprint density at radius 3 is 2.76 bits per heavy atom. The second-order valence-corrected chi connectivity index (χ2v) is 7.11. The van der Waals surface area contributed by atoms with E-state index in [1.807, 2.05) is 37.3 Å². The fourth-order valence-electron chi connectivity index (χ4n) is 3.59. The molecule has 6 heteroatoms. The van der Waals surface area contributed by atoms with Crippen LogP contribution in [0.4, 0.5) is 0 Å². The molecule has 2 heterocycles. The number of piperidine rings is 1. The van der Waals surface area contributed by atoms with Crippen LogP contribution in [0.1, 0.15) is 54.9 Å². The number of hydrogen-bond acceptors (Lipinski definition) is 5. The molecule has 1 aromatic heterocycles. The van der Waals surface area contributed by atoms with Crippen LogP contribution in [0.2, 0.25) is 0 Å². The molecule has 1 amide bonds. The van der Waals surface area contributed by atoms with Crippen LogP contribution in [0.15, 0.2) is 34.9 Å². The topological polar surface area (TPSA) is 71.3 Å². The van der Waals surface area contributed by atoms with Crippen molar-refractivity contribution in [3.8, 4) is 0 Å². The first-order valence-corrected chi connectivity index (χ1v) is 9.10. The minimum absolute atomic E-state index is 0.107. The van der Waals surface area contributed by atoms with Gasteiger partial charge in [-0.2, -0.15) is 4.98 Å². The Morgan fingerprint density at radius 2 is 2.08 bits per heavy atom.